The van der Waals surface area contributed by atoms with Crippen LogP contribution in [0.3, 0.4) is 0 Å². The molecule has 0 aliphatic carbocycles. The van der Waals surface area contributed by atoms with Crippen LogP contribution in [0, 0.1) is 5.41 Å². The van der Waals surface area contributed by atoms with E-state index in [0.29, 0.717) is 9.90 Å². The molecule has 0 bridgehead atoms. The number of hydrogen-bond donors (Lipinski definition) is 1. The molecule has 2 rings (SSSR count). The van der Waals surface area contributed by atoms with Crippen LogP contribution in [0.1, 0.15) is 37.4 Å². The third-order valence-corrected chi connectivity index (χ3v) is 5.06. The van der Waals surface area contributed by atoms with Crippen LogP contribution in [0.5, 0.6) is 0 Å². The first kappa shape index (κ1) is 14.4. The van der Waals surface area contributed by atoms with Crippen molar-refractivity contribution in [2.24, 2.45) is 5.41 Å². The number of nitrogens with one attached hydrogen (secondary N) is 1. The van der Waals surface area contributed by atoms with E-state index in [4.69, 9.17) is 11.6 Å². The van der Waals surface area contributed by atoms with Gasteiger partial charge < -0.3 is 5.32 Å². The number of rotatable bonds is 2. The fraction of sp³-hybridized carbons (Fsp3) is 0.400. The molecule has 0 unspecified atom stereocenters. The minimum atomic E-state index is -0.0892. The summed E-state index contributed by atoms with van der Waals surface area (Å²) in [5.74, 6) is -0.0892. The SMILES string of the molecule is C[C@H](NC(=O)c1sc2ccccc2c1Cl)C(C)(C)C. The Morgan fingerprint density at radius 1 is 1.32 bits per heavy atom. The van der Waals surface area contributed by atoms with Crippen LogP contribution in [0.15, 0.2) is 24.3 Å². The summed E-state index contributed by atoms with van der Waals surface area (Å²) in [6.07, 6.45) is 0. The second-order valence-electron chi connectivity index (χ2n) is 5.80. The summed E-state index contributed by atoms with van der Waals surface area (Å²) in [6.45, 7) is 8.32. The molecule has 0 fully saturated rings. The Balaban J connectivity index is 2.30. The summed E-state index contributed by atoms with van der Waals surface area (Å²) >= 11 is 7.74. The van der Waals surface area contributed by atoms with Crippen LogP contribution in [-0.4, -0.2) is 11.9 Å². The predicted molar refractivity (Wildman–Crippen MR) is 83.2 cm³/mol. The Kier molecular flexibility index (Phi) is 3.88. The second kappa shape index (κ2) is 5.14. The van der Waals surface area contributed by atoms with Crippen LogP contribution in [0.25, 0.3) is 10.1 Å². The van der Waals surface area contributed by atoms with Crippen LogP contribution in [0.4, 0.5) is 0 Å². The van der Waals surface area contributed by atoms with Crippen molar-refractivity contribution in [1.82, 2.24) is 5.32 Å². The van der Waals surface area contributed by atoms with E-state index in [1.54, 1.807) is 0 Å². The zero-order valence-corrected chi connectivity index (χ0v) is 13.2. The van der Waals surface area contributed by atoms with Crippen molar-refractivity contribution in [2.45, 2.75) is 33.7 Å². The zero-order chi connectivity index (χ0) is 14.2. The smallest absolute Gasteiger partial charge is 0.263 e. The highest BCUT2D eigenvalue weighted by Crippen LogP contribution is 2.35. The van der Waals surface area contributed by atoms with Crippen LogP contribution >= 0.6 is 22.9 Å². The maximum atomic E-state index is 12.3. The van der Waals surface area contributed by atoms with Gasteiger partial charge in [-0.25, -0.2) is 0 Å². The summed E-state index contributed by atoms with van der Waals surface area (Å²) in [5, 5.41) is 4.53. The highest BCUT2D eigenvalue weighted by atomic mass is 35.5. The van der Waals surface area contributed by atoms with E-state index in [2.05, 4.69) is 26.1 Å². The van der Waals surface area contributed by atoms with Crippen LogP contribution < -0.4 is 5.32 Å². The molecule has 102 valence electrons. The first-order chi connectivity index (χ1) is 8.80. The van der Waals surface area contributed by atoms with Gasteiger partial charge in [0.2, 0.25) is 0 Å². The molecule has 4 heteroatoms. The molecule has 0 spiro atoms. The van der Waals surface area contributed by atoms with Crippen molar-refractivity contribution in [1.29, 1.82) is 0 Å². The van der Waals surface area contributed by atoms with Gasteiger partial charge in [0.05, 0.1) is 5.02 Å². The molecule has 1 atom stereocenters. The summed E-state index contributed by atoms with van der Waals surface area (Å²) < 4.78 is 1.04. The first-order valence-corrected chi connectivity index (χ1v) is 7.48. The molecular weight excluding hydrogens is 278 g/mol. The molecule has 1 heterocycles. The average Bonchev–Trinajstić information content (AvgIpc) is 2.66. The first-order valence-electron chi connectivity index (χ1n) is 6.28. The normalized spacial score (nSPS) is 13.5. The summed E-state index contributed by atoms with van der Waals surface area (Å²) in [6, 6.07) is 7.89. The van der Waals surface area contributed by atoms with E-state index in [0.717, 1.165) is 10.1 Å². The number of fused-ring (bicyclic) bond motifs is 1. The number of halogens is 1. The molecule has 1 amide bonds. The minimum absolute atomic E-state index is 0.0266. The summed E-state index contributed by atoms with van der Waals surface area (Å²) in [4.78, 5) is 12.9. The quantitative estimate of drug-likeness (QED) is 0.853. The zero-order valence-electron chi connectivity index (χ0n) is 11.6. The number of thiophene rings is 1. The molecule has 0 saturated heterocycles. The number of carbonyl (C=O) groups excluding carboxylic acids is 1. The molecule has 1 aromatic carbocycles. The lowest BCUT2D eigenvalue weighted by atomic mass is 9.88. The van der Waals surface area contributed by atoms with E-state index < -0.39 is 0 Å². The highest BCUT2D eigenvalue weighted by Gasteiger charge is 2.24. The molecule has 19 heavy (non-hydrogen) atoms. The van der Waals surface area contributed by atoms with Crippen molar-refractivity contribution in [3.05, 3.63) is 34.2 Å². The van der Waals surface area contributed by atoms with Crippen molar-refractivity contribution in [3.8, 4) is 0 Å². The van der Waals surface area contributed by atoms with E-state index in [1.165, 1.54) is 11.3 Å². The topological polar surface area (TPSA) is 29.1 Å². The lowest BCUT2D eigenvalue weighted by Gasteiger charge is -2.27. The van der Waals surface area contributed by atoms with Crippen LogP contribution in [-0.2, 0) is 0 Å². The lowest BCUT2D eigenvalue weighted by Crippen LogP contribution is -2.41. The number of benzene rings is 1. The van der Waals surface area contributed by atoms with Gasteiger partial charge in [0.25, 0.3) is 5.91 Å². The molecule has 2 aromatic rings. The Labute approximate surface area is 122 Å². The van der Waals surface area contributed by atoms with E-state index in [9.17, 15) is 4.79 Å². The van der Waals surface area contributed by atoms with Gasteiger partial charge in [-0.3, -0.25) is 4.79 Å². The standard InChI is InChI=1S/C15H18ClNOS/c1-9(15(2,3)4)17-14(18)13-12(16)10-7-5-6-8-11(10)19-13/h5-9H,1-4H3,(H,17,18)/t9-/m0/s1. The Morgan fingerprint density at radius 2 is 1.95 bits per heavy atom. The van der Waals surface area contributed by atoms with Gasteiger partial charge in [0.15, 0.2) is 0 Å². The largest absolute Gasteiger partial charge is 0.348 e. The van der Waals surface area contributed by atoms with Crippen molar-refractivity contribution in [3.63, 3.8) is 0 Å². The summed E-state index contributed by atoms with van der Waals surface area (Å²) in [5.41, 5.74) is 0.0266. The molecule has 0 radical (unpaired) electrons. The van der Waals surface area contributed by atoms with E-state index in [1.807, 2.05) is 31.2 Å². The van der Waals surface area contributed by atoms with Crippen molar-refractivity contribution < 1.29 is 4.79 Å². The third-order valence-electron chi connectivity index (χ3n) is 3.39. The fourth-order valence-corrected chi connectivity index (χ4v) is 3.06. The monoisotopic (exact) mass is 295 g/mol. The summed E-state index contributed by atoms with van der Waals surface area (Å²) in [7, 11) is 0. The Morgan fingerprint density at radius 3 is 2.53 bits per heavy atom. The Hall–Kier alpha value is -1.06. The van der Waals surface area contributed by atoms with Crippen molar-refractivity contribution in [2.75, 3.05) is 0 Å². The Bertz CT molecular complexity index is 612. The number of carbonyl (C=O) groups is 1. The highest BCUT2D eigenvalue weighted by molar-refractivity contribution is 7.21. The van der Waals surface area contributed by atoms with Gasteiger partial charge in [-0.05, 0) is 18.4 Å². The molecule has 0 saturated carbocycles. The number of hydrogen-bond acceptors (Lipinski definition) is 2. The van der Waals surface area contributed by atoms with Gasteiger partial charge in [-0.1, -0.05) is 50.6 Å². The molecule has 1 aromatic heterocycles. The van der Waals surface area contributed by atoms with Gasteiger partial charge >= 0.3 is 0 Å². The van der Waals surface area contributed by atoms with Gasteiger partial charge in [-0.2, -0.15) is 0 Å². The fourth-order valence-electron chi connectivity index (χ4n) is 1.64. The molecule has 0 aliphatic rings. The maximum absolute atomic E-state index is 12.3. The lowest BCUT2D eigenvalue weighted by molar-refractivity contribution is 0.0914. The maximum Gasteiger partial charge on any atom is 0.263 e. The third kappa shape index (κ3) is 2.93. The van der Waals surface area contributed by atoms with E-state index >= 15 is 0 Å². The molecule has 1 N–H and O–H groups in total. The average molecular weight is 296 g/mol. The minimum Gasteiger partial charge on any atom is -0.348 e. The van der Waals surface area contributed by atoms with Crippen molar-refractivity contribution >= 4 is 38.9 Å². The molecular formula is C15H18ClNOS. The second-order valence-corrected chi connectivity index (χ2v) is 7.23. The number of amides is 1. The van der Waals surface area contributed by atoms with Crippen LogP contribution in [0.2, 0.25) is 5.02 Å². The molecule has 0 aliphatic heterocycles. The molecule has 2 nitrogen and oxygen atoms in total. The van der Waals surface area contributed by atoms with E-state index in [-0.39, 0.29) is 17.4 Å². The van der Waals surface area contributed by atoms with Gasteiger partial charge in [0, 0.05) is 16.1 Å². The van der Waals surface area contributed by atoms with Gasteiger partial charge in [-0.15, -0.1) is 11.3 Å². The predicted octanol–water partition coefficient (Wildman–Crippen LogP) is 4.72. The van der Waals surface area contributed by atoms with Gasteiger partial charge in [0.1, 0.15) is 4.88 Å².